The first kappa shape index (κ1) is 18.1. The molecule has 6 nitrogen and oxygen atoms in total. The zero-order valence-electron chi connectivity index (χ0n) is 14.8. The Balaban J connectivity index is 1.65. The normalized spacial score (nSPS) is 11.4. The van der Waals surface area contributed by atoms with E-state index in [1.807, 2.05) is 54.1 Å². The lowest BCUT2D eigenvalue weighted by atomic mass is 10.2. The lowest BCUT2D eigenvalue weighted by Crippen LogP contribution is -2.38. The van der Waals surface area contributed by atoms with Crippen LogP contribution in [0.1, 0.15) is 11.4 Å². The van der Waals surface area contributed by atoms with Gasteiger partial charge in [0, 0.05) is 30.8 Å². The van der Waals surface area contributed by atoms with E-state index in [1.165, 1.54) is 5.56 Å². The number of benzene rings is 2. The lowest BCUT2D eigenvalue weighted by Gasteiger charge is -2.22. The number of halogens is 1. The predicted molar refractivity (Wildman–Crippen MR) is 107 cm³/mol. The summed E-state index contributed by atoms with van der Waals surface area (Å²) in [4.78, 5) is 6.44. The molecule has 0 aliphatic rings. The zero-order valence-corrected chi connectivity index (χ0v) is 16.4. The Morgan fingerprint density at radius 2 is 1.88 bits per heavy atom. The van der Waals surface area contributed by atoms with Crippen LogP contribution >= 0.6 is 15.9 Å². The summed E-state index contributed by atoms with van der Waals surface area (Å²) in [7, 11) is 3.79. The van der Waals surface area contributed by atoms with E-state index in [2.05, 4.69) is 53.5 Å². The van der Waals surface area contributed by atoms with Crippen LogP contribution in [-0.2, 0) is 13.1 Å². The monoisotopic (exact) mass is 412 g/mol. The van der Waals surface area contributed by atoms with Crippen LogP contribution in [0, 0.1) is 0 Å². The predicted octanol–water partition coefficient (Wildman–Crippen LogP) is 3.24. The number of rotatable bonds is 5. The minimum absolute atomic E-state index is 0.534. The second-order valence-corrected chi connectivity index (χ2v) is 6.75. The molecule has 0 radical (unpaired) electrons. The second-order valence-electron chi connectivity index (χ2n) is 5.84. The third kappa shape index (κ3) is 4.49. The molecule has 1 N–H and O–H groups in total. The summed E-state index contributed by atoms with van der Waals surface area (Å²) >= 11 is 3.46. The highest BCUT2D eigenvalue weighted by Crippen LogP contribution is 2.12. The van der Waals surface area contributed by atoms with Crippen molar-refractivity contribution in [2.24, 2.45) is 4.99 Å². The van der Waals surface area contributed by atoms with Gasteiger partial charge in [0.25, 0.3) is 0 Å². The van der Waals surface area contributed by atoms with Crippen molar-refractivity contribution in [3.63, 3.8) is 0 Å². The quantitative estimate of drug-likeness (QED) is 0.516. The van der Waals surface area contributed by atoms with Gasteiger partial charge in [0.1, 0.15) is 6.33 Å². The molecule has 2 aromatic carbocycles. The largest absolute Gasteiger partial charge is 0.349 e. The molecule has 0 fully saturated rings. The van der Waals surface area contributed by atoms with Gasteiger partial charge >= 0.3 is 0 Å². The number of aromatic nitrogens is 3. The molecular weight excluding hydrogens is 392 g/mol. The van der Waals surface area contributed by atoms with Gasteiger partial charge in [-0.2, -0.15) is 0 Å². The molecule has 26 heavy (non-hydrogen) atoms. The third-order valence-electron chi connectivity index (χ3n) is 3.96. The fraction of sp³-hybridized carbons (Fsp3) is 0.211. The van der Waals surface area contributed by atoms with Crippen LogP contribution in [0.25, 0.3) is 5.69 Å². The molecule has 1 heterocycles. The molecular formula is C19H21BrN6. The minimum atomic E-state index is 0.534. The number of para-hydroxylation sites is 1. The molecule has 0 saturated heterocycles. The number of nitrogens with one attached hydrogen (secondary N) is 1. The lowest BCUT2D eigenvalue weighted by molar-refractivity contribution is 0.475. The van der Waals surface area contributed by atoms with Crippen LogP contribution in [-0.4, -0.2) is 39.7 Å². The molecule has 0 unspecified atom stereocenters. The maximum absolute atomic E-state index is 4.37. The molecule has 0 aliphatic carbocycles. The van der Waals surface area contributed by atoms with E-state index in [4.69, 9.17) is 0 Å². The van der Waals surface area contributed by atoms with Crippen molar-refractivity contribution in [3.8, 4) is 5.69 Å². The van der Waals surface area contributed by atoms with Crippen LogP contribution in [0.4, 0.5) is 0 Å². The van der Waals surface area contributed by atoms with Crippen LogP contribution in [0.15, 0.2) is 70.4 Å². The molecule has 7 heteroatoms. The van der Waals surface area contributed by atoms with Crippen LogP contribution < -0.4 is 5.32 Å². The Hall–Kier alpha value is -2.67. The molecule has 3 rings (SSSR count). The van der Waals surface area contributed by atoms with Gasteiger partial charge < -0.3 is 10.2 Å². The summed E-state index contributed by atoms with van der Waals surface area (Å²) in [5, 5.41) is 11.6. The van der Waals surface area contributed by atoms with Gasteiger partial charge in [0.2, 0.25) is 0 Å². The molecule has 0 aliphatic heterocycles. The van der Waals surface area contributed by atoms with Gasteiger partial charge in [-0.15, -0.1) is 10.2 Å². The number of hydrogen-bond acceptors (Lipinski definition) is 3. The molecule has 3 aromatic rings. The highest BCUT2D eigenvalue weighted by molar-refractivity contribution is 9.10. The SMILES string of the molecule is CN=C(NCc1nncn1-c1ccccc1)N(C)Cc1ccc(Br)cc1. The zero-order chi connectivity index (χ0) is 18.4. The van der Waals surface area contributed by atoms with Crippen molar-refractivity contribution in [1.82, 2.24) is 25.0 Å². The number of aliphatic imine (C=N–C) groups is 1. The van der Waals surface area contributed by atoms with Crippen molar-refractivity contribution in [2.45, 2.75) is 13.1 Å². The summed E-state index contributed by atoms with van der Waals surface area (Å²) in [5.41, 5.74) is 2.25. The Kier molecular flexibility index (Phi) is 6.01. The van der Waals surface area contributed by atoms with Gasteiger partial charge in [-0.1, -0.05) is 46.3 Å². The Labute approximate surface area is 161 Å². The average molecular weight is 413 g/mol. The highest BCUT2D eigenvalue weighted by atomic mass is 79.9. The van der Waals surface area contributed by atoms with E-state index in [-0.39, 0.29) is 0 Å². The molecule has 1 aromatic heterocycles. The van der Waals surface area contributed by atoms with E-state index in [9.17, 15) is 0 Å². The fourth-order valence-corrected chi connectivity index (χ4v) is 2.93. The second kappa shape index (κ2) is 8.62. The molecule has 0 spiro atoms. The molecule has 134 valence electrons. The van der Waals surface area contributed by atoms with Crippen molar-refractivity contribution >= 4 is 21.9 Å². The standard InChI is InChI=1S/C19H21BrN6/c1-21-19(25(2)13-15-8-10-16(20)11-9-15)22-12-18-24-23-14-26(18)17-6-4-3-5-7-17/h3-11,14H,12-13H2,1-2H3,(H,21,22). The van der Waals surface area contributed by atoms with Gasteiger partial charge in [0.15, 0.2) is 11.8 Å². The van der Waals surface area contributed by atoms with Crippen molar-refractivity contribution in [2.75, 3.05) is 14.1 Å². The van der Waals surface area contributed by atoms with Gasteiger partial charge in [0.05, 0.1) is 6.54 Å². The summed E-state index contributed by atoms with van der Waals surface area (Å²) in [6.07, 6.45) is 1.72. The van der Waals surface area contributed by atoms with E-state index in [0.29, 0.717) is 6.54 Å². The van der Waals surface area contributed by atoms with Gasteiger partial charge in [-0.05, 0) is 29.8 Å². The van der Waals surface area contributed by atoms with Crippen LogP contribution in [0.5, 0.6) is 0 Å². The summed E-state index contributed by atoms with van der Waals surface area (Å²) in [5.74, 6) is 1.63. The maximum atomic E-state index is 4.37. The van der Waals surface area contributed by atoms with Crippen molar-refractivity contribution < 1.29 is 0 Å². The molecule has 0 bridgehead atoms. The van der Waals surface area contributed by atoms with Gasteiger partial charge in [-0.25, -0.2) is 0 Å². The topological polar surface area (TPSA) is 58.3 Å². The van der Waals surface area contributed by atoms with Crippen LogP contribution in [0.3, 0.4) is 0 Å². The Bertz CT molecular complexity index is 857. The first-order chi connectivity index (χ1) is 12.7. The number of guanidine groups is 1. The van der Waals surface area contributed by atoms with E-state index in [0.717, 1.165) is 28.5 Å². The Morgan fingerprint density at radius 1 is 1.15 bits per heavy atom. The smallest absolute Gasteiger partial charge is 0.194 e. The fourth-order valence-electron chi connectivity index (χ4n) is 2.67. The van der Waals surface area contributed by atoms with E-state index < -0.39 is 0 Å². The van der Waals surface area contributed by atoms with Crippen LogP contribution in [0.2, 0.25) is 0 Å². The average Bonchev–Trinajstić information content (AvgIpc) is 3.13. The maximum Gasteiger partial charge on any atom is 0.194 e. The third-order valence-corrected chi connectivity index (χ3v) is 4.49. The van der Waals surface area contributed by atoms with Crippen molar-refractivity contribution in [3.05, 3.63) is 76.8 Å². The summed E-state index contributed by atoms with van der Waals surface area (Å²) in [6.45, 7) is 1.30. The van der Waals surface area contributed by atoms with E-state index >= 15 is 0 Å². The Morgan fingerprint density at radius 3 is 2.58 bits per heavy atom. The molecule has 0 atom stereocenters. The van der Waals surface area contributed by atoms with Crippen molar-refractivity contribution in [1.29, 1.82) is 0 Å². The minimum Gasteiger partial charge on any atom is -0.349 e. The summed E-state index contributed by atoms with van der Waals surface area (Å²) < 4.78 is 3.04. The highest BCUT2D eigenvalue weighted by Gasteiger charge is 2.10. The first-order valence-electron chi connectivity index (χ1n) is 8.28. The molecule has 0 saturated carbocycles. The number of hydrogen-bond donors (Lipinski definition) is 1. The van der Waals surface area contributed by atoms with Gasteiger partial charge in [-0.3, -0.25) is 9.56 Å². The number of nitrogens with zero attached hydrogens (tertiary/aromatic N) is 5. The summed E-state index contributed by atoms with van der Waals surface area (Å²) in [6, 6.07) is 18.3. The first-order valence-corrected chi connectivity index (χ1v) is 9.07. The molecule has 0 amide bonds. The van der Waals surface area contributed by atoms with E-state index in [1.54, 1.807) is 13.4 Å².